The molecule has 0 bridgehead atoms. The molecule has 0 radical (unpaired) electrons. The van der Waals surface area contributed by atoms with Crippen molar-refractivity contribution in [2.24, 2.45) is 0 Å². The van der Waals surface area contributed by atoms with Crippen molar-refractivity contribution in [3.05, 3.63) is 44.6 Å². The van der Waals surface area contributed by atoms with Crippen LogP contribution in [-0.4, -0.2) is 9.97 Å². The third kappa shape index (κ3) is 2.06. The third-order valence-corrected chi connectivity index (χ3v) is 4.50. The summed E-state index contributed by atoms with van der Waals surface area (Å²) in [5, 5.41) is 0.619. The molecule has 1 aliphatic rings. The van der Waals surface area contributed by atoms with Gasteiger partial charge in [-0.25, -0.2) is 9.97 Å². The predicted molar refractivity (Wildman–Crippen MR) is 76.9 cm³/mol. The molecule has 0 saturated heterocycles. The van der Waals surface area contributed by atoms with Crippen molar-refractivity contribution in [2.45, 2.75) is 26.2 Å². The summed E-state index contributed by atoms with van der Waals surface area (Å²) < 4.78 is 1.10. The first-order chi connectivity index (χ1) is 8.65. The summed E-state index contributed by atoms with van der Waals surface area (Å²) in [5.41, 5.74) is 4.44. The molecule has 2 nitrogen and oxygen atoms in total. The van der Waals surface area contributed by atoms with Crippen LogP contribution in [0.3, 0.4) is 0 Å². The number of aryl methyl sites for hydroxylation is 2. The van der Waals surface area contributed by atoms with E-state index >= 15 is 0 Å². The number of halogens is 2. The Morgan fingerprint density at radius 3 is 2.83 bits per heavy atom. The molecule has 1 heterocycles. The van der Waals surface area contributed by atoms with Gasteiger partial charge in [0, 0.05) is 21.3 Å². The molecule has 0 aliphatic heterocycles. The van der Waals surface area contributed by atoms with Crippen molar-refractivity contribution in [1.82, 2.24) is 9.97 Å². The van der Waals surface area contributed by atoms with Crippen LogP contribution in [0.5, 0.6) is 0 Å². The van der Waals surface area contributed by atoms with Crippen LogP contribution in [0.4, 0.5) is 0 Å². The van der Waals surface area contributed by atoms with Crippen LogP contribution in [0, 0.1) is 6.92 Å². The molecule has 0 spiro atoms. The van der Waals surface area contributed by atoms with Crippen molar-refractivity contribution < 1.29 is 0 Å². The lowest BCUT2D eigenvalue weighted by atomic mass is 10.1. The minimum atomic E-state index is 0.619. The van der Waals surface area contributed by atoms with Gasteiger partial charge in [-0.1, -0.05) is 33.6 Å². The molecule has 0 amide bonds. The topological polar surface area (TPSA) is 25.8 Å². The quantitative estimate of drug-likeness (QED) is 0.729. The first-order valence-corrected chi connectivity index (χ1v) is 7.14. The number of hydrogen-bond donors (Lipinski definition) is 0. The smallest absolute Gasteiger partial charge is 0.161 e. The highest BCUT2D eigenvalue weighted by Crippen LogP contribution is 2.30. The summed E-state index contributed by atoms with van der Waals surface area (Å²) in [5.74, 6) is 0.733. The van der Waals surface area contributed by atoms with Crippen molar-refractivity contribution >= 4 is 27.5 Å². The maximum Gasteiger partial charge on any atom is 0.161 e. The van der Waals surface area contributed by atoms with Gasteiger partial charge in [-0.15, -0.1) is 0 Å². The van der Waals surface area contributed by atoms with Gasteiger partial charge in [0.2, 0.25) is 0 Å². The van der Waals surface area contributed by atoms with Crippen molar-refractivity contribution in [2.75, 3.05) is 0 Å². The molecular weight excluding hydrogens is 312 g/mol. The number of hydrogen-bond acceptors (Lipinski definition) is 2. The fraction of sp³-hybridized carbons (Fsp3) is 0.286. The van der Waals surface area contributed by atoms with Gasteiger partial charge in [-0.05, 0) is 43.9 Å². The SMILES string of the molecule is Cc1cc(-c2nc(Cl)c3c(n2)CCC3)ccc1Br. The first kappa shape index (κ1) is 12.1. The lowest BCUT2D eigenvalue weighted by Crippen LogP contribution is -1.97. The highest BCUT2D eigenvalue weighted by molar-refractivity contribution is 9.10. The summed E-state index contributed by atoms with van der Waals surface area (Å²) in [6.45, 7) is 2.06. The van der Waals surface area contributed by atoms with E-state index < -0.39 is 0 Å². The highest BCUT2D eigenvalue weighted by Gasteiger charge is 2.18. The zero-order chi connectivity index (χ0) is 12.7. The largest absolute Gasteiger partial charge is 0.233 e. The van der Waals surface area contributed by atoms with Crippen LogP contribution in [0.2, 0.25) is 5.15 Å². The minimum absolute atomic E-state index is 0.619. The van der Waals surface area contributed by atoms with Crippen LogP contribution >= 0.6 is 27.5 Å². The summed E-state index contributed by atoms with van der Waals surface area (Å²) in [4.78, 5) is 9.07. The Kier molecular flexibility index (Phi) is 3.12. The van der Waals surface area contributed by atoms with Gasteiger partial charge in [-0.3, -0.25) is 0 Å². The fourth-order valence-electron chi connectivity index (χ4n) is 2.30. The second-order valence-electron chi connectivity index (χ2n) is 4.58. The van der Waals surface area contributed by atoms with E-state index in [0.29, 0.717) is 5.15 Å². The van der Waals surface area contributed by atoms with Crippen LogP contribution in [0.1, 0.15) is 23.2 Å². The zero-order valence-electron chi connectivity index (χ0n) is 10.0. The van der Waals surface area contributed by atoms with E-state index in [1.165, 1.54) is 5.56 Å². The molecule has 92 valence electrons. The number of fused-ring (bicyclic) bond motifs is 1. The van der Waals surface area contributed by atoms with E-state index in [1.807, 2.05) is 12.1 Å². The van der Waals surface area contributed by atoms with Crippen molar-refractivity contribution in [1.29, 1.82) is 0 Å². The monoisotopic (exact) mass is 322 g/mol. The van der Waals surface area contributed by atoms with Gasteiger partial charge >= 0.3 is 0 Å². The molecule has 18 heavy (non-hydrogen) atoms. The standard InChI is InChI=1S/C14H12BrClN2/c1-8-7-9(5-6-11(8)15)14-17-12-4-2-3-10(12)13(16)18-14/h5-7H,2-4H2,1H3. The summed E-state index contributed by atoms with van der Waals surface area (Å²) in [7, 11) is 0. The molecule has 1 aromatic heterocycles. The average molecular weight is 324 g/mol. The van der Waals surface area contributed by atoms with Gasteiger partial charge in [-0.2, -0.15) is 0 Å². The third-order valence-electron chi connectivity index (χ3n) is 3.30. The Morgan fingerprint density at radius 2 is 2.06 bits per heavy atom. The molecule has 0 atom stereocenters. The first-order valence-electron chi connectivity index (χ1n) is 5.97. The van der Waals surface area contributed by atoms with E-state index in [0.717, 1.165) is 46.4 Å². The van der Waals surface area contributed by atoms with Gasteiger partial charge in [0.25, 0.3) is 0 Å². The lowest BCUT2D eigenvalue weighted by Gasteiger charge is -2.07. The Labute approximate surface area is 120 Å². The van der Waals surface area contributed by atoms with E-state index in [2.05, 4.69) is 38.9 Å². The molecule has 0 N–H and O–H groups in total. The lowest BCUT2D eigenvalue weighted by molar-refractivity contribution is 0.900. The summed E-state index contributed by atoms with van der Waals surface area (Å²) >= 11 is 9.73. The van der Waals surface area contributed by atoms with E-state index in [1.54, 1.807) is 0 Å². The normalized spacial score (nSPS) is 13.7. The van der Waals surface area contributed by atoms with E-state index in [-0.39, 0.29) is 0 Å². The van der Waals surface area contributed by atoms with Crippen LogP contribution < -0.4 is 0 Å². The van der Waals surface area contributed by atoms with Crippen molar-refractivity contribution in [3.63, 3.8) is 0 Å². The Morgan fingerprint density at radius 1 is 1.22 bits per heavy atom. The molecule has 1 aromatic carbocycles. The number of aromatic nitrogens is 2. The molecule has 3 rings (SSSR count). The minimum Gasteiger partial charge on any atom is -0.233 e. The average Bonchev–Trinajstić information content (AvgIpc) is 2.81. The van der Waals surface area contributed by atoms with Crippen LogP contribution in [-0.2, 0) is 12.8 Å². The Hall–Kier alpha value is -0.930. The zero-order valence-corrected chi connectivity index (χ0v) is 12.3. The number of nitrogens with zero attached hydrogens (tertiary/aromatic N) is 2. The summed E-state index contributed by atoms with van der Waals surface area (Å²) in [6.07, 6.45) is 3.15. The Bertz CT molecular complexity index is 625. The highest BCUT2D eigenvalue weighted by atomic mass is 79.9. The molecule has 0 unspecified atom stereocenters. The maximum atomic E-state index is 6.24. The molecule has 2 aromatic rings. The Balaban J connectivity index is 2.12. The van der Waals surface area contributed by atoms with Crippen LogP contribution in [0.25, 0.3) is 11.4 Å². The summed E-state index contributed by atoms with van der Waals surface area (Å²) in [6, 6.07) is 6.12. The molecule has 4 heteroatoms. The van der Waals surface area contributed by atoms with Gasteiger partial charge in [0.05, 0.1) is 0 Å². The van der Waals surface area contributed by atoms with Crippen LogP contribution in [0.15, 0.2) is 22.7 Å². The van der Waals surface area contributed by atoms with E-state index in [4.69, 9.17) is 11.6 Å². The van der Waals surface area contributed by atoms with Crippen molar-refractivity contribution in [3.8, 4) is 11.4 Å². The van der Waals surface area contributed by atoms with E-state index in [9.17, 15) is 0 Å². The molecule has 0 fully saturated rings. The number of benzene rings is 1. The molecule has 0 saturated carbocycles. The fourth-order valence-corrected chi connectivity index (χ4v) is 2.83. The van der Waals surface area contributed by atoms with Gasteiger partial charge in [0.15, 0.2) is 5.82 Å². The van der Waals surface area contributed by atoms with Gasteiger partial charge in [0.1, 0.15) is 5.15 Å². The second-order valence-corrected chi connectivity index (χ2v) is 5.79. The second kappa shape index (κ2) is 4.63. The molecule has 1 aliphatic carbocycles. The van der Waals surface area contributed by atoms with Gasteiger partial charge < -0.3 is 0 Å². The molecular formula is C14H12BrClN2. The maximum absolute atomic E-state index is 6.24. The predicted octanol–water partition coefficient (Wildman–Crippen LogP) is 4.36. The number of rotatable bonds is 1.